The van der Waals surface area contributed by atoms with E-state index < -0.39 is 12.7 Å². The highest BCUT2D eigenvalue weighted by Crippen LogP contribution is 2.36. The van der Waals surface area contributed by atoms with Crippen molar-refractivity contribution in [3.8, 4) is 34.4 Å². The highest BCUT2D eigenvalue weighted by Gasteiger charge is 2.33. The number of aromatic nitrogens is 10. The number of imidazole rings is 2. The molecular weight excluding hydrogens is 943 g/mol. The molecule has 372 valence electrons. The first-order valence-electron chi connectivity index (χ1n) is 22.9. The molecule has 2 atom stereocenters. The van der Waals surface area contributed by atoms with Gasteiger partial charge in [0.05, 0.1) is 49.6 Å². The van der Waals surface area contributed by atoms with E-state index in [2.05, 4.69) is 29.6 Å². The second-order valence-electron chi connectivity index (χ2n) is 17.1. The Labute approximate surface area is 409 Å². The molecule has 72 heavy (non-hydrogen) atoms. The molecule has 10 rings (SSSR count). The fourth-order valence-electron chi connectivity index (χ4n) is 8.78. The van der Waals surface area contributed by atoms with E-state index in [4.69, 9.17) is 19.4 Å². The molecule has 4 aromatic carbocycles. The molecule has 0 amide bonds. The molecule has 0 radical (unpaired) electrons. The molecule has 14 nitrogen and oxygen atoms in total. The van der Waals surface area contributed by atoms with Gasteiger partial charge in [0, 0.05) is 37.3 Å². The van der Waals surface area contributed by atoms with Gasteiger partial charge in [0.25, 0.3) is 0 Å². The maximum Gasteiger partial charge on any atom is 0.573 e. The van der Waals surface area contributed by atoms with Gasteiger partial charge in [-0.15, -0.1) is 26.3 Å². The summed E-state index contributed by atoms with van der Waals surface area (Å²) >= 11 is 0. The Kier molecular flexibility index (Phi) is 14.0. The van der Waals surface area contributed by atoms with Crippen LogP contribution in [0.25, 0.3) is 35.7 Å². The molecular formula is C52H48F6N10O4. The van der Waals surface area contributed by atoms with Gasteiger partial charge < -0.3 is 28.1 Å². The monoisotopic (exact) mass is 990 g/mol. The number of hydrogen-bond donors (Lipinski definition) is 0. The van der Waals surface area contributed by atoms with Crippen LogP contribution in [-0.2, 0) is 13.1 Å². The van der Waals surface area contributed by atoms with Crippen molar-refractivity contribution in [1.82, 2.24) is 48.6 Å². The van der Waals surface area contributed by atoms with Gasteiger partial charge >= 0.3 is 12.7 Å². The lowest BCUT2D eigenvalue weighted by molar-refractivity contribution is -0.275. The molecule has 20 heteroatoms. The number of aryl methyl sites for hydroxylation is 4. The largest absolute Gasteiger partial charge is 0.573 e. The van der Waals surface area contributed by atoms with Crippen molar-refractivity contribution in [2.24, 2.45) is 0 Å². The lowest BCUT2D eigenvalue weighted by Gasteiger charge is -2.22. The number of methoxy groups -OCH3 is 2. The Balaban J connectivity index is 0.000000178. The van der Waals surface area contributed by atoms with Gasteiger partial charge in [-0.05, 0) is 122 Å². The highest BCUT2D eigenvalue weighted by molar-refractivity contribution is 5.70. The molecule has 0 spiro atoms. The summed E-state index contributed by atoms with van der Waals surface area (Å²) in [4.78, 5) is 18.0. The van der Waals surface area contributed by atoms with Crippen molar-refractivity contribution < 1.29 is 45.3 Å². The van der Waals surface area contributed by atoms with Crippen molar-refractivity contribution in [3.63, 3.8) is 0 Å². The summed E-state index contributed by atoms with van der Waals surface area (Å²) in [5.74, 6) is 3.59. The summed E-state index contributed by atoms with van der Waals surface area (Å²) < 4.78 is 102. The normalized spacial score (nSPS) is 15.8. The average molecular weight is 991 g/mol. The van der Waals surface area contributed by atoms with Gasteiger partial charge in [-0.1, -0.05) is 48.6 Å². The van der Waals surface area contributed by atoms with Crippen molar-refractivity contribution in [2.45, 2.75) is 77.2 Å². The summed E-state index contributed by atoms with van der Waals surface area (Å²) in [6.07, 6.45) is 8.95. The van der Waals surface area contributed by atoms with Gasteiger partial charge in [-0.25, -0.2) is 29.3 Å². The first kappa shape index (κ1) is 48.8. The zero-order valence-electron chi connectivity index (χ0n) is 39.5. The third-order valence-electron chi connectivity index (χ3n) is 12.1. The molecule has 6 heterocycles. The first-order valence-corrected chi connectivity index (χ1v) is 22.9. The van der Waals surface area contributed by atoms with Gasteiger partial charge in [0.1, 0.15) is 34.6 Å². The minimum atomic E-state index is -4.71. The number of fused-ring (bicyclic) bond motifs is 2. The van der Waals surface area contributed by atoms with Crippen molar-refractivity contribution in [2.75, 3.05) is 14.2 Å². The molecule has 0 fully saturated rings. The van der Waals surface area contributed by atoms with Crippen molar-refractivity contribution >= 4 is 24.3 Å². The van der Waals surface area contributed by atoms with E-state index in [1.54, 1.807) is 51.1 Å². The van der Waals surface area contributed by atoms with Crippen LogP contribution in [-0.4, -0.2) is 75.6 Å². The Morgan fingerprint density at radius 1 is 0.542 bits per heavy atom. The summed E-state index contributed by atoms with van der Waals surface area (Å²) in [5.41, 5.74) is 7.22. The summed E-state index contributed by atoms with van der Waals surface area (Å²) in [7, 11) is 3.26. The predicted molar refractivity (Wildman–Crippen MR) is 256 cm³/mol. The van der Waals surface area contributed by atoms with Crippen molar-refractivity contribution in [3.05, 3.63) is 167 Å². The molecule has 0 bridgehead atoms. The smallest absolute Gasteiger partial charge is 0.495 e. The van der Waals surface area contributed by atoms with Gasteiger partial charge in [-0.2, -0.15) is 10.2 Å². The van der Waals surface area contributed by atoms with E-state index in [-0.39, 0.29) is 23.3 Å². The fraction of sp³-hybridized carbons (Fsp3) is 0.269. The second kappa shape index (κ2) is 20.7. The van der Waals surface area contributed by atoms with Gasteiger partial charge in [0.15, 0.2) is 11.6 Å². The lowest BCUT2D eigenvalue weighted by atomic mass is 9.91. The van der Waals surface area contributed by atoms with Crippen LogP contribution in [0.3, 0.4) is 0 Å². The summed E-state index contributed by atoms with van der Waals surface area (Å²) in [6, 6.07) is 23.7. The Bertz CT molecular complexity index is 2990. The molecule has 2 aliphatic rings. The summed E-state index contributed by atoms with van der Waals surface area (Å²) in [5, 5.41) is 9.24. The lowest BCUT2D eigenvalue weighted by Crippen LogP contribution is -2.18. The molecule has 0 aliphatic carbocycles. The minimum Gasteiger partial charge on any atom is -0.495 e. The maximum atomic E-state index is 12.5. The molecule has 0 N–H and O–H groups in total. The molecule has 0 saturated carbocycles. The third-order valence-corrected chi connectivity index (χ3v) is 12.1. The topological polar surface area (TPSA) is 134 Å². The zero-order valence-corrected chi connectivity index (χ0v) is 39.5. The second-order valence-corrected chi connectivity index (χ2v) is 17.1. The Morgan fingerprint density at radius 2 is 0.944 bits per heavy atom. The molecule has 0 unspecified atom stereocenters. The number of alkyl halides is 6. The predicted octanol–water partition coefficient (Wildman–Crippen LogP) is 11.6. The number of benzene rings is 4. The first-order chi connectivity index (χ1) is 34.6. The van der Waals surface area contributed by atoms with E-state index in [0.29, 0.717) is 23.1 Å². The molecule has 4 aromatic heterocycles. The van der Waals surface area contributed by atoms with Crippen LogP contribution < -0.4 is 18.9 Å². The maximum absolute atomic E-state index is 12.5. The number of hydrogen-bond acceptors (Lipinski definition) is 10. The zero-order chi connectivity index (χ0) is 50.6. The van der Waals surface area contributed by atoms with E-state index in [1.807, 2.05) is 105 Å². The SMILES string of the molecule is COc1cc(/C=C/c2nc3n(n2)CCC[C@@H]3c2ccc(OC(F)(F)F)cc2)ccc1-n1cnc(C)c1.COc1cc(/C=C/c2nc3n(n2)CCC[C@H]3c2ccc(OC(F)(F)F)cc2)ccc1-n1cnc(C)c1. The molecule has 2 aliphatic heterocycles. The molecule has 0 saturated heterocycles. The van der Waals surface area contributed by atoms with Crippen LogP contribution in [0.15, 0.2) is 110 Å². The van der Waals surface area contributed by atoms with Crippen LogP contribution in [0.5, 0.6) is 23.0 Å². The van der Waals surface area contributed by atoms with E-state index >= 15 is 0 Å². The van der Waals surface area contributed by atoms with Gasteiger partial charge in [0.2, 0.25) is 0 Å². The Morgan fingerprint density at radius 3 is 1.29 bits per heavy atom. The molecule has 8 aromatic rings. The van der Waals surface area contributed by atoms with E-state index in [0.717, 1.165) is 95.4 Å². The van der Waals surface area contributed by atoms with Crippen LogP contribution in [0, 0.1) is 13.8 Å². The van der Waals surface area contributed by atoms with Crippen LogP contribution in [0.4, 0.5) is 26.3 Å². The summed E-state index contributed by atoms with van der Waals surface area (Å²) in [6.45, 7) is 5.35. The third kappa shape index (κ3) is 11.7. The Hall–Kier alpha value is -8.16. The fourth-order valence-corrected chi connectivity index (χ4v) is 8.78. The standard InChI is InChI=1S/2C26H24F3N5O2/c2*1-17-15-33(16-30-17)22-11-5-18(14-23(22)35-2)6-12-24-31-25-21(4-3-13-34(25)32-24)19-7-9-20(10-8-19)36-26(27,28)29/h2*5-12,14-16,21H,3-4,13H2,1-2H3/b2*12-6+/t2*21-/m10/s1. The highest BCUT2D eigenvalue weighted by atomic mass is 19.4. The number of halogens is 6. The van der Waals surface area contributed by atoms with E-state index in [1.165, 1.54) is 24.3 Å². The van der Waals surface area contributed by atoms with Crippen molar-refractivity contribution in [1.29, 1.82) is 0 Å². The number of rotatable bonds is 12. The van der Waals surface area contributed by atoms with Gasteiger partial charge in [-0.3, -0.25) is 0 Å². The van der Waals surface area contributed by atoms with Crippen LogP contribution in [0.1, 0.15) is 94.5 Å². The van der Waals surface area contributed by atoms with E-state index in [9.17, 15) is 26.3 Å². The van der Waals surface area contributed by atoms with Crippen LogP contribution in [0.2, 0.25) is 0 Å². The van der Waals surface area contributed by atoms with Crippen LogP contribution >= 0.6 is 0 Å². The minimum absolute atomic E-state index is 0.0497. The number of ether oxygens (including phenoxy) is 4. The average Bonchev–Trinajstić information content (AvgIpc) is 4.19. The number of nitrogens with zero attached hydrogens (tertiary/aromatic N) is 10. The quantitative estimate of drug-likeness (QED) is 0.109.